The largest absolute Gasteiger partial charge is 0.352 e. The molecule has 0 amide bonds. The predicted molar refractivity (Wildman–Crippen MR) is 88.5 cm³/mol. The number of hydrogen-bond acceptors (Lipinski definition) is 4. The van der Waals surface area contributed by atoms with Crippen molar-refractivity contribution in [3.8, 4) is 0 Å². The normalized spacial score (nSPS) is 19.8. The Morgan fingerprint density at radius 2 is 2.05 bits per heavy atom. The predicted octanol–water partition coefficient (Wildman–Crippen LogP) is 3.52. The van der Waals surface area contributed by atoms with Crippen LogP contribution in [0.25, 0.3) is 0 Å². The first kappa shape index (κ1) is 16.2. The fourth-order valence-electron chi connectivity index (χ4n) is 2.89. The van der Waals surface area contributed by atoms with Gasteiger partial charge in [-0.05, 0) is 58.6 Å². The van der Waals surface area contributed by atoms with E-state index in [0.29, 0.717) is 6.04 Å². The molecule has 0 aromatic carbocycles. The minimum atomic E-state index is 0.111. The lowest BCUT2D eigenvalue weighted by atomic mass is 9.98. The molecule has 2 heterocycles. The summed E-state index contributed by atoms with van der Waals surface area (Å²) >= 11 is 0. The van der Waals surface area contributed by atoms with Gasteiger partial charge >= 0.3 is 0 Å². The average Bonchev–Trinajstić information content (AvgIpc) is 2.46. The summed E-state index contributed by atoms with van der Waals surface area (Å²) in [4.78, 5) is 2.46. The Morgan fingerprint density at radius 3 is 2.67 bits per heavy atom. The summed E-state index contributed by atoms with van der Waals surface area (Å²) in [6, 6.07) is 4.90. The summed E-state index contributed by atoms with van der Waals surface area (Å²) in [5.41, 5.74) is 1.12. The first-order chi connectivity index (χ1) is 9.99. The molecule has 2 rings (SSSR count). The first-order valence-electron chi connectivity index (χ1n) is 8.34. The van der Waals surface area contributed by atoms with E-state index in [4.69, 9.17) is 0 Å². The summed E-state index contributed by atoms with van der Waals surface area (Å²) in [5.74, 6) is 1.05. The highest BCUT2D eigenvalue weighted by Gasteiger charge is 2.23. The highest BCUT2D eigenvalue weighted by Crippen LogP contribution is 2.25. The van der Waals surface area contributed by atoms with Gasteiger partial charge in [-0.2, -0.15) is 5.10 Å². The van der Waals surface area contributed by atoms with Crippen LogP contribution in [0, 0.1) is 0 Å². The van der Waals surface area contributed by atoms with E-state index in [1.165, 1.54) is 32.1 Å². The topological polar surface area (TPSA) is 41.0 Å². The molecule has 1 N–H and O–H groups in total. The number of nitrogens with one attached hydrogen (secondary N) is 1. The van der Waals surface area contributed by atoms with E-state index in [0.717, 1.165) is 24.6 Å². The van der Waals surface area contributed by atoms with Gasteiger partial charge in [0, 0.05) is 24.7 Å². The van der Waals surface area contributed by atoms with Crippen LogP contribution >= 0.6 is 0 Å². The molecule has 1 saturated heterocycles. The number of piperidine rings is 1. The van der Waals surface area contributed by atoms with Gasteiger partial charge < -0.3 is 10.2 Å². The Hall–Kier alpha value is -1.16. The van der Waals surface area contributed by atoms with E-state index >= 15 is 0 Å². The van der Waals surface area contributed by atoms with E-state index in [-0.39, 0.29) is 5.54 Å². The fourth-order valence-corrected chi connectivity index (χ4v) is 2.89. The third kappa shape index (κ3) is 4.95. The van der Waals surface area contributed by atoms with Crippen molar-refractivity contribution in [2.24, 2.45) is 0 Å². The lowest BCUT2D eigenvalue weighted by Crippen LogP contribution is -2.40. The lowest BCUT2D eigenvalue weighted by molar-refractivity contribution is 0.418. The molecule has 0 bridgehead atoms. The zero-order valence-corrected chi connectivity index (χ0v) is 14.0. The molecule has 0 radical (unpaired) electrons. The van der Waals surface area contributed by atoms with Gasteiger partial charge in [-0.15, -0.1) is 5.10 Å². The van der Waals surface area contributed by atoms with Crippen molar-refractivity contribution in [1.82, 2.24) is 15.5 Å². The van der Waals surface area contributed by atoms with Crippen molar-refractivity contribution in [3.63, 3.8) is 0 Å². The smallest absolute Gasteiger partial charge is 0.151 e. The number of nitrogens with zero attached hydrogens (tertiary/aromatic N) is 3. The van der Waals surface area contributed by atoms with Gasteiger partial charge in [-0.3, -0.25) is 0 Å². The molecule has 21 heavy (non-hydrogen) atoms. The molecular weight excluding hydrogens is 260 g/mol. The minimum Gasteiger partial charge on any atom is -0.352 e. The van der Waals surface area contributed by atoms with Gasteiger partial charge in [0.15, 0.2) is 5.82 Å². The maximum Gasteiger partial charge on any atom is 0.151 e. The van der Waals surface area contributed by atoms with Crippen LogP contribution < -0.4 is 10.2 Å². The number of aromatic nitrogens is 2. The lowest BCUT2D eigenvalue weighted by Gasteiger charge is -2.36. The van der Waals surface area contributed by atoms with Gasteiger partial charge in [0.2, 0.25) is 0 Å². The standard InChI is InChI=1S/C17H30N4/c1-5-8-15-9-6-7-12-21(15)16-11-10-14(19-20-16)13-18-17(2,3)4/h10-11,15,18H,5-9,12-13H2,1-4H3. The Labute approximate surface area is 129 Å². The summed E-state index contributed by atoms with van der Waals surface area (Å²) in [6.45, 7) is 10.7. The van der Waals surface area contributed by atoms with Gasteiger partial charge in [-0.1, -0.05) is 13.3 Å². The quantitative estimate of drug-likeness (QED) is 0.901. The Bertz CT molecular complexity index is 419. The molecule has 1 unspecified atom stereocenters. The number of anilines is 1. The molecule has 1 aliphatic heterocycles. The van der Waals surface area contributed by atoms with Crippen LogP contribution in [0.15, 0.2) is 12.1 Å². The van der Waals surface area contributed by atoms with Crippen LogP contribution in [0.5, 0.6) is 0 Å². The SMILES string of the molecule is CCCC1CCCCN1c1ccc(CNC(C)(C)C)nn1. The maximum atomic E-state index is 4.47. The van der Waals surface area contributed by atoms with Crippen LogP contribution in [-0.4, -0.2) is 28.3 Å². The van der Waals surface area contributed by atoms with Crippen LogP contribution in [0.3, 0.4) is 0 Å². The summed E-state index contributed by atoms with van der Waals surface area (Å²) < 4.78 is 0. The molecule has 4 nitrogen and oxygen atoms in total. The summed E-state index contributed by atoms with van der Waals surface area (Å²) in [7, 11) is 0. The van der Waals surface area contributed by atoms with E-state index in [9.17, 15) is 0 Å². The van der Waals surface area contributed by atoms with Crippen LogP contribution in [0.2, 0.25) is 0 Å². The van der Waals surface area contributed by atoms with Gasteiger partial charge in [0.25, 0.3) is 0 Å². The molecule has 118 valence electrons. The second kappa shape index (κ2) is 7.21. The highest BCUT2D eigenvalue weighted by molar-refractivity contribution is 5.39. The third-order valence-electron chi connectivity index (χ3n) is 4.05. The molecule has 1 aromatic rings. The van der Waals surface area contributed by atoms with Gasteiger partial charge in [0.1, 0.15) is 0 Å². The third-order valence-corrected chi connectivity index (χ3v) is 4.05. The van der Waals surface area contributed by atoms with E-state index < -0.39 is 0 Å². The zero-order valence-electron chi connectivity index (χ0n) is 14.0. The second-order valence-corrected chi connectivity index (χ2v) is 7.12. The maximum absolute atomic E-state index is 4.47. The van der Waals surface area contributed by atoms with Gasteiger partial charge in [0.05, 0.1) is 5.69 Å². The van der Waals surface area contributed by atoms with Crippen molar-refractivity contribution in [1.29, 1.82) is 0 Å². The highest BCUT2D eigenvalue weighted by atomic mass is 15.3. The molecule has 4 heteroatoms. The number of hydrogen-bond donors (Lipinski definition) is 1. The Kier molecular flexibility index (Phi) is 5.57. The van der Waals surface area contributed by atoms with E-state index in [1.807, 2.05) is 0 Å². The van der Waals surface area contributed by atoms with Crippen molar-refractivity contribution < 1.29 is 0 Å². The average molecular weight is 290 g/mol. The van der Waals surface area contributed by atoms with Crippen LogP contribution in [0.1, 0.15) is 65.5 Å². The molecular formula is C17H30N4. The Balaban J connectivity index is 2.00. The molecule has 1 fully saturated rings. The monoisotopic (exact) mass is 290 g/mol. The van der Waals surface area contributed by atoms with Crippen molar-refractivity contribution in [2.45, 2.75) is 77.9 Å². The van der Waals surface area contributed by atoms with Crippen LogP contribution in [0.4, 0.5) is 5.82 Å². The van der Waals surface area contributed by atoms with E-state index in [2.05, 4.69) is 60.2 Å². The first-order valence-corrected chi connectivity index (χ1v) is 8.34. The molecule has 0 spiro atoms. The fraction of sp³-hybridized carbons (Fsp3) is 0.765. The van der Waals surface area contributed by atoms with Crippen molar-refractivity contribution in [2.75, 3.05) is 11.4 Å². The molecule has 0 saturated carbocycles. The minimum absolute atomic E-state index is 0.111. The van der Waals surface area contributed by atoms with Crippen LogP contribution in [-0.2, 0) is 6.54 Å². The Morgan fingerprint density at radius 1 is 1.24 bits per heavy atom. The van der Waals surface area contributed by atoms with Gasteiger partial charge in [-0.25, -0.2) is 0 Å². The number of rotatable bonds is 5. The van der Waals surface area contributed by atoms with E-state index in [1.54, 1.807) is 0 Å². The second-order valence-electron chi connectivity index (χ2n) is 7.12. The van der Waals surface area contributed by atoms with Crippen molar-refractivity contribution in [3.05, 3.63) is 17.8 Å². The summed E-state index contributed by atoms with van der Waals surface area (Å²) in [5, 5.41) is 12.3. The molecule has 1 aromatic heterocycles. The molecule has 0 aliphatic carbocycles. The summed E-state index contributed by atoms with van der Waals surface area (Å²) in [6.07, 6.45) is 6.41. The zero-order chi connectivity index (χ0) is 15.3. The molecule has 1 aliphatic rings. The van der Waals surface area contributed by atoms with Crippen molar-refractivity contribution >= 4 is 5.82 Å². The molecule has 1 atom stereocenters.